The Morgan fingerprint density at radius 1 is 1.14 bits per heavy atom. The van der Waals surface area contributed by atoms with E-state index < -0.39 is 0 Å². The summed E-state index contributed by atoms with van der Waals surface area (Å²) in [4.78, 5) is 8.06. The molecule has 2 aromatic rings. The predicted octanol–water partition coefficient (Wildman–Crippen LogP) is 2.41. The van der Waals surface area contributed by atoms with E-state index in [1.165, 1.54) is 0 Å². The molecule has 6 N–H and O–H groups in total. The van der Waals surface area contributed by atoms with Crippen LogP contribution in [0.15, 0.2) is 40.7 Å². The highest BCUT2D eigenvalue weighted by molar-refractivity contribution is 5.60. The van der Waals surface area contributed by atoms with Crippen LogP contribution >= 0.6 is 0 Å². The van der Waals surface area contributed by atoms with Gasteiger partial charge in [-0.2, -0.15) is 0 Å². The van der Waals surface area contributed by atoms with Gasteiger partial charge in [-0.05, 0) is 24.6 Å². The molecule has 0 spiro atoms. The first kappa shape index (κ1) is 17.3. The summed E-state index contributed by atoms with van der Waals surface area (Å²) in [5.74, 6) is 1.17. The van der Waals surface area contributed by atoms with Crippen molar-refractivity contribution in [2.45, 2.75) is 19.8 Å². The van der Waals surface area contributed by atoms with Crippen molar-refractivity contribution in [3.63, 3.8) is 0 Å². The van der Waals surface area contributed by atoms with Gasteiger partial charge in [0.1, 0.15) is 17.2 Å². The lowest BCUT2D eigenvalue weighted by Gasteiger charge is -2.03. The fourth-order valence-electron chi connectivity index (χ4n) is 1.52. The molecule has 0 saturated carbocycles. The maximum absolute atomic E-state index is 5.70. The van der Waals surface area contributed by atoms with Crippen LogP contribution in [0.2, 0.25) is 0 Å². The Kier molecular flexibility index (Phi) is 6.71. The van der Waals surface area contributed by atoms with E-state index in [1.54, 1.807) is 30.5 Å². The van der Waals surface area contributed by atoms with E-state index in [2.05, 4.69) is 27.1 Å². The smallest absolute Gasteiger partial charge is 0.213 e. The number of hydrogen-bond acceptors (Lipinski definition) is 7. The van der Waals surface area contributed by atoms with Crippen molar-refractivity contribution < 1.29 is 10.2 Å². The summed E-state index contributed by atoms with van der Waals surface area (Å²) in [7, 11) is 0. The molecule has 0 saturated heterocycles. The van der Waals surface area contributed by atoms with Crippen molar-refractivity contribution in [1.82, 2.24) is 9.97 Å². The maximum atomic E-state index is 5.70. The fourth-order valence-corrected chi connectivity index (χ4v) is 1.52. The average molecular weight is 304 g/mol. The number of nitrogens with two attached hydrogens (primary N) is 2. The number of nitrogens with zero attached hydrogens (tertiary/aromatic N) is 4. The second-order valence-electron chi connectivity index (χ2n) is 4.40. The highest BCUT2D eigenvalue weighted by atomic mass is 16.5. The Morgan fingerprint density at radius 2 is 1.95 bits per heavy atom. The summed E-state index contributed by atoms with van der Waals surface area (Å²) < 4.78 is 5.47. The molecule has 0 unspecified atom stereocenters. The Bertz CT molecular complexity index is 615. The quantitative estimate of drug-likeness (QED) is 0.622. The molecule has 0 aromatic carbocycles. The van der Waals surface area contributed by atoms with Crippen molar-refractivity contribution in [2.75, 3.05) is 18.1 Å². The van der Waals surface area contributed by atoms with Crippen LogP contribution in [-0.2, 0) is 0 Å². The molecule has 0 atom stereocenters. The summed E-state index contributed by atoms with van der Waals surface area (Å²) in [6.45, 7) is 2.77. The van der Waals surface area contributed by atoms with Crippen LogP contribution in [0.1, 0.15) is 19.8 Å². The van der Waals surface area contributed by atoms with Gasteiger partial charge in [-0.3, -0.25) is 0 Å². The minimum Gasteiger partial charge on any atom is -0.478 e. The number of anilines is 2. The number of nitrogen functional groups attached to an aromatic ring is 2. The number of hydrogen-bond donors (Lipinski definition) is 2. The second-order valence-corrected chi connectivity index (χ2v) is 4.40. The second kappa shape index (κ2) is 8.53. The number of unbranched alkanes of at least 4 members (excludes halogenated alkanes) is 1. The predicted molar refractivity (Wildman–Crippen MR) is 85.5 cm³/mol. The number of ether oxygens (including phenoxy) is 1. The first-order chi connectivity index (χ1) is 10.2. The van der Waals surface area contributed by atoms with Gasteiger partial charge < -0.3 is 21.7 Å². The minimum absolute atomic E-state index is 0. The number of azo groups is 1. The zero-order chi connectivity index (χ0) is 15.1. The molecule has 2 heterocycles. The van der Waals surface area contributed by atoms with Gasteiger partial charge in [0.05, 0.1) is 12.8 Å². The first-order valence-corrected chi connectivity index (χ1v) is 6.71. The summed E-state index contributed by atoms with van der Waals surface area (Å²) in [5.41, 5.74) is 12.3. The lowest BCUT2D eigenvalue weighted by Crippen LogP contribution is -1.97. The third-order valence-electron chi connectivity index (χ3n) is 2.67. The third kappa shape index (κ3) is 4.98. The highest BCUT2D eigenvalue weighted by Gasteiger charge is 2.00. The Labute approximate surface area is 128 Å². The normalized spacial score (nSPS) is 10.4. The lowest BCUT2D eigenvalue weighted by molar-refractivity contribution is 0.298. The van der Waals surface area contributed by atoms with Crippen molar-refractivity contribution in [2.24, 2.45) is 10.2 Å². The SMILES string of the molecule is CCCCOc1ccc(N=Nc2ccc(N)nc2N)cn1.O. The van der Waals surface area contributed by atoms with E-state index in [4.69, 9.17) is 16.2 Å². The van der Waals surface area contributed by atoms with Gasteiger partial charge in [0.25, 0.3) is 0 Å². The molecule has 0 aliphatic carbocycles. The molecule has 0 aliphatic rings. The Morgan fingerprint density at radius 3 is 2.59 bits per heavy atom. The van der Waals surface area contributed by atoms with E-state index in [9.17, 15) is 0 Å². The van der Waals surface area contributed by atoms with Gasteiger partial charge in [0.15, 0.2) is 5.82 Å². The van der Waals surface area contributed by atoms with Gasteiger partial charge in [0.2, 0.25) is 5.88 Å². The third-order valence-corrected chi connectivity index (χ3v) is 2.67. The van der Waals surface area contributed by atoms with Gasteiger partial charge in [-0.25, -0.2) is 9.97 Å². The van der Waals surface area contributed by atoms with Crippen LogP contribution in [0.4, 0.5) is 23.0 Å². The van der Waals surface area contributed by atoms with Crippen LogP contribution in [0, 0.1) is 0 Å². The van der Waals surface area contributed by atoms with E-state index in [0.29, 0.717) is 29.7 Å². The molecular formula is C14H20N6O2. The van der Waals surface area contributed by atoms with Gasteiger partial charge in [-0.1, -0.05) is 13.3 Å². The molecule has 22 heavy (non-hydrogen) atoms. The summed E-state index contributed by atoms with van der Waals surface area (Å²) >= 11 is 0. The van der Waals surface area contributed by atoms with Crippen LogP contribution in [0.5, 0.6) is 5.88 Å². The van der Waals surface area contributed by atoms with Gasteiger partial charge in [0, 0.05) is 6.07 Å². The molecule has 0 aliphatic heterocycles. The molecule has 8 heteroatoms. The van der Waals surface area contributed by atoms with Crippen LogP contribution < -0.4 is 16.2 Å². The molecule has 8 nitrogen and oxygen atoms in total. The molecule has 0 radical (unpaired) electrons. The Hall–Kier alpha value is -2.74. The first-order valence-electron chi connectivity index (χ1n) is 6.71. The number of pyridine rings is 2. The molecule has 0 bridgehead atoms. The van der Waals surface area contributed by atoms with Crippen molar-refractivity contribution in [3.05, 3.63) is 30.5 Å². The fraction of sp³-hybridized carbons (Fsp3) is 0.286. The van der Waals surface area contributed by atoms with E-state index in [1.807, 2.05) is 0 Å². The topological polar surface area (TPSA) is 143 Å². The highest BCUT2D eigenvalue weighted by Crippen LogP contribution is 2.24. The molecule has 0 fully saturated rings. The van der Waals surface area contributed by atoms with Crippen molar-refractivity contribution in [1.29, 1.82) is 0 Å². The zero-order valence-electron chi connectivity index (χ0n) is 12.4. The number of aromatic nitrogens is 2. The molecule has 118 valence electrons. The van der Waals surface area contributed by atoms with Gasteiger partial charge >= 0.3 is 0 Å². The molecule has 0 amide bonds. The van der Waals surface area contributed by atoms with Crippen molar-refractivity contribution in [3.8, 4) is 5.88 Å². The van der Waals surface area contributed by atoms with Crippen molar-refractivity contribution >= 4 is 23.0 Å². The molecular weight excluding hydrogens is 284 g/mol. The monoisotopic (exact) mass is 304 g/mol. The van der Waals surface area contributed by atoms with E-state index in [0.717, 1.165) is 12.8 Å². The molecule has 2 aromatic heterocycles. The minimum atomic E-state index is 0. The van der Waals surface area contributed by atoms with E-state index >= 15 is 0 Å². The Balaban J connectivity index is 0.00000242. The van der Waals surface area contributed by atoms with Gasteiger partial charge in [-0.15, -0.1) is 10.2 Å². The zero-order valence-corrected chi connectivity index (χ0v) is 12.4. The summed E-state index contributed by atoms with van der Waals surface area (Å²) in [6, 6.07) is 6.82. The maximum Gasteiger partial charge on any atom is 0.213 e. The number of rotatable bonds is 6. The summed E-state index contributed by atoms with van der Waals surface area (Å²) in [6.07, 6.45) is 3.68. The van der Waals surface area contributed by atoms with Crippen LogP contribution in [0.3, 0.4) is 0 Å². The van der Waals surface area contributed by atoms with Crippen LogP contribution in [0.25, 0.3) is 0 Å². The van der Waals surface area contributed by atoms with Crippen LogP contribution in [-0.4, -0.2) is 22.1 Å². The molecule has 2 rings (SSSR count). The van der Waals surface area contributed by atoms with E-state index in [-0.39, 0.29) is 11.3 Å². The standard InChI is InChI=1S/C14H18N6O.H2O/c1-2-3-8-21-13-7-4-10(9-17-13)19-20-11-5-6-12(15)18-14(11)16;/h4-7,9H,2-3,8H2,1H3,(H4,15,16,18);1H2. The lowest BCUT2D eigenvalue weighted by atomic mass is 10.4. The largest absolute Gasteiger partial charge is 0.478 e. The summed E-state index contributed by atoms with van der Waals surface area (Å²) in [5, 5.41) is 8.07. The average Bonchev–Trinajstić information content (AvgIpc) is 2.48.